The molecule has 0 aromatic carbocycles. The van der Waals surface area contributed by atoms with Crippen molar-refractivity contribution in [3.05, 3.63) is 0 Å². The highest BCUT2D eigenvalue weighted by Gasteiger charge is 2.34. The molecule has 1 atom stereocenters. The first-order valence-electron chi connectivity index (χ1n) is 7.87. The van der Waals surface area contributed by atoms with Gasteiger partial charge >= 0.3 is 12.0 Å². The lowest BCUT2D eigenvalue weighted by Crippen LogP contribution is -2.54. The quantitative estimate of drug-likeness (QED) is 0.825. The number of hydrogen-bond donors (Lipinski definition) is 2. The van der Waals surface area contributed by atoms with Crippen LogP contribution in [-0.2, 0) is 4.79 Å². The smallest absolute Gasteiger partial charge is 0.326 e. The summed E-state index contributed by atoms with van der Waals surface area (Å²) in [6, 6.07) is -0.883. The van der Waals surface area contributed by atoms with Crippen LogP contribution < -0.4 is 5.32 Å². The highest BCUT2D eigenvalue weighted by Crippen LogP contribution is 2.29. The minimum absolute atomic E-state index is 0.122. The van der Waals surface area contributed by atoms with Crippen molar-refractivity contribution in [1.29, 1.82) is 0 Å². The Morgan fingerprint density at radius 3 is 2.52 bits per heavy atom. The maximum atomic E-state index is 12.3. The fourth-order valence-electron chi connectivity index (χ4n) is 3.16. The van der Waals surface area contributed by atoms with Gasteiger partial charge in [0.15, 0.2) is 0 Å². The molecule has 2 aliphatic rings. The molecule has 0 saturated carbocycles. The van der Waals surface area contributed by atoms with Crippen LogP contribution in [-0.4, -0.2) is 66.2 Å². The van der Waals surface area contributed by atoms with E-state index in [9.17, 15) is 14.7 Å². The number of nitrogens with zero attached hydrogens (tertiary/aromatic N) is 2. The van der Waals surface area contributed by atoms with Crippen LogP contribution in [0.4, 0.5) is 4.79 Å². The zero-order valence-electron chi connectivity index (χ0n) is 13.1. The lowest BCUT2D eigenvalue weighted by atomic mass is 9.80. The van der Waals surface area contributed by atoms with E-state index < -0.39 is 12.0 Å². The number of carbonyl (C=O) groups is 2. The predicted molar refractivity (Wildman–Crippen MR) is 80.2 cm³/mol. The van der Waals surface area contributed by atoms with Crippen LogP contribution in [0.5, 0.6) is 0 Å². The van der Waals surface area contributed by atoms with Gasteiger partial charge in [-0.1, -0.05) is 6.92 Å². The van der Waals surface area contributed by atoms with E-state index in [1.54, 1.807) is 0 Å². The molecule has 2 fully saturated rings. The summed E-state index contributed by atoms with van der Waals surface area (Å²) in [6.45, 7) is 5.47. The van der Waals surface area contributed by atoms with Gasteiger partial charge in [0.05, 0.1) is 0 Å². The average Bonchev–Trinajstić information content (AvgIpc) is 2.48. The molecule has 120 valence electrons. The third kappa shape index (κ3) is 4.09. The Balaban J connectivity index is 1.87. The summed E-state index contributed by atoms with van der Waals surface area (Å²) < 4.78 is 0. The predicted octanol–water partition coefficient (Wildman–Crippen LogP) is 1.37. The molecule has 6 nitrogen and oxygen atoms in total. The minimum Gasteiger partial charge on any atom is -0.480 e. The molecule has 2 saturated heterocycles. The van der Waals surface area contributed by atoms with E-state index in [1.165, 1.54) is 4.90 Å². The molecule has 0 aliphatic carbocycles. The van der Waals surface area contributed by atoms with E-state index in [-0.39, 0.29) is 11.4 Å². The molecule has 6 heteroatoms. The van der Waals surface area contributed by atoms with Crippen LogP contribution in [0.2, 0.25) is 0 Å². The monoisotopic (exact) mass is 297 g/mol. The zero-order chi connectivity index (χ0) is 15.5. The number of aliphatic carboxylic acids is 1. The van der Waals surface area contributed by atoms with Crippen molar-refractivity contribution in [2.75, 3.05) is 33.2 Å². The molecular formula is C15H27N3O3. The second-order valence-corrected chi connectivity index (χ2v) is 6.82. The molecule has 2 heterocycles. The van der Waals surface area contributed by atoms with Crippen LogP contribution in [0.3, 0.4) is 0 Å². The van der Waals surface area contributed by atoms with Crippen molar-refractivity contribution in [2.45, 2.75) is 45.1 Å². The van der Waals surface area contributed by atoms with Gasteiger partial charge < -0.3 is 20.2 Å². The van der Waals surface area contributed by atoms with Gasteiger partial charge in [-0.25, -0.2) is 9.59 Å². The van der Waals surface area contributed by atoms with Crippen molar-refractivity contribution < 1.29 is 14.7 Å². The highest BCUT2D eigenvalue weighted by atomic mass is 16.4. The van der Waals surface area contributed by atoms with Crippen LogP contribution in [0.1, 0.15) is 39.0 Å². The second-order valence-electron chi connectivity index (χ2n) is 6.82. The van der Waals surface area contributed by atoms with E-state index in [4.69, 9.17) is 0 Å². The molecule has 2 amide bonds. The van der Waals surface area contributed by atoms with E-state index in [0.717, 1.165) is 38.8 Å². The number of carbonyl (C=O) groups excluding carboxylic acids is 1. The molecule has 2 rings (SSSR count). The van der Waals surface area contributed by atoms with E-state index in [2.05, 4.69) is 24.2 Å². The summed E-state index contributed by atoms with van der Waals surface area (Å²) in [7, 11) is 2.11. The van der Waals surface area contributed by atoms with Gasteiger partial charge in [-0.2, -0.15) is 0 Å². The Bertz CT molecular complexity index is 392. The highest BCUT2D eigenvalue weighted by molar-refractivity contribution is 5.82. The Kier molecular flexibility index (Phi) is 5.08. The summed E-state index contributed by atoms with van der Waals surface area (Å²) in [5.74, 6) is -0.893. The van der Waals surface area contributed by atoms with Crippen molar-refractivity contribution in [1.82, 2.24) is 15.1 Å². The van der Waals surface area contributed by atoms with Crippen LogP contribution in [0, 0.1) is 5.41 Å². The lowest BCUT2D eigenvalue weighted by Gasteiger charge is -2.39. The summed E-state index contributed by atoms with van der Waals surface area (Å²) in [5, 5.41) is 12.2. The standard InChI is InChI=1S/C15H27N3O3/c1-15(6-9-17(2)10-7-15)11-16-14(21)18-8-4-3-5-12(18)13(19)20/h12H,3-11H2,1-2H3,(H,16,21)(H,19,20). The number of piperidine rings is 2. The maximum absolute atomic E-state index is 12.3. The van der Waals surface area contributed by atoms with E-state index >= 15 is 0 Å². The summed E-state index contributed by atoms with van der Waals surface area (Å²) in [6.07, 6.45) is 4.45. The molecule has 2 N–H and O–H groups in total. The molecule has 0 aromatic heterocycles. The van der Waals surface area contributed by atoms with Crippen LogP contribution in [0.15, 0.2) is 0 Å². The Morgan fingerprint density at radius 1 is 1.24 bits per heavy atom. The first-order valence-corrected chi connectivity index (χ1v) is 7.87. The number of urea groups is 1. The van der Waals surface area contributed by atoms with Gasteiger partial charge in [-0.15, -0.1) is 0 Å². The van der Waals surface area contributed by atoms with Crippen molar-refractivity contribution in [3.63, 3.8) is 0 Å². The van der Waals surface area contributed by atoms with Gasteiger partial charge in [0.1, 0.15) is 6.04 Å². The largest absolute Gasteiger partial charge is 0.480 e. The number of nitrogens with one attached hydrogen (secondary N) is 1. The topological polar surface area (TPSA) is 72.9 Å². The van der Waals surface area contributed by atoms with Gasteiger partial charge in [0.25, 0.3) is 0 Å². The number of amides is 2. The maximum Gasteiger partial charge on any atom is 0.326 e. The second kappa shape index (κ2) is 6.64. The van der Waals surface area contributed by atoms with Crippen LogP contribution in [0.25, 0.3) is 0 Å². The third-order valence-electron chi connectivity index (χ3n) is 4.91. The Hall–Kier alpha value is -1.30. The number of carboxylic acid groups (broad SMARTS) is 1. The summed E-state index contributed by atoms with van der Waals surface area (Å²) >= 11 is 0. The van der Waals surface area contributed by atoms with Crippen molar-refractivity contribution >= 4 is 12.0 Å². The van der Waals surface area contributed by atoms with Gasteiger partial charge in [-0.3, -0.25) is 0 Å². The van der Waals surface area contributed by atoms with Crippen molar-refractivity contribution in [2.24, 2.45) is 5.41 Å². The SMILES string of the molecule is CN1CCC(C)(CNC(=O)N2CCCCC2C(=O)O)CC1. The first kappa shape index (κ1) is 16.1. The molecule has 1 unspecified atom stereocenters. The Labute approximate surface area is 126 Å². The third-order valence-corrected chi connectivity index (χ3v) is 4.91. The normalized spacial score (nSPS) is 26.4. The van der Waals surface area contributed by atoms with Crippen LogP contribution >= 0.6 is 0 Å². The number of carboxylic acids is 1. The molecule has 2 aliphatic heterocycles. The Morgan fingerprint density at radius 2 is 1.90 bits per heavy atom. The summed E-state index contributed by atoms with van der Waals surface area (Å²) in [4.78, 5) is 27.3. The van der Waals surface area contributed by atoms with Gasteiger partial charge in [0.2, 0.25) is 0 Å². The molecule has 0 spiro atoms. The van der Waals surface area contributed by atoms with E-state index in [0.29, 0.717) is 19.5 Å². The molecule has 21 heavy (non-hydrogen) atoms. The minimum atomic E-state index is -0.893. The zero-order valence-corrected chi connectivity index (χ0v) is 13.1. The van der Waals surface area contributed by atoms with Gasteiger partial charge in [-0.05, 0) is 57.7 Å². The average molecular weight is 297 g/mol. The van der Waals surface area contributed by atoms with E-state index in [1.807, 2.05) is 0 Å². The fourth-order valence-corrected chi connectivity index (χ4v) is 3.16. The lowest BCUT2D eigenvalue weighted by molar-refractivity contribution is -0.143. The molecule has 0 aromatic rings. The number of likely N-dealkylation sites (tertiary alicyclic amines) is 2. The fraction of sp³-hybridized carbons (Fsp3) is 0.867. The summed E-state index contributed by atoms with van der Waals surface area (Å²) in [5.41, 5.74) is 0.122. The van der Waals surface area contributed by atoms with Crippen molar-refractivity contribution in [3.8, 4) is 0 Å². The molecular weight excluding hydrogens is 270 g/mol. The first-order chi connectivity index (χ1) is 9.91. The molecule has 0 bridgehead atoms. The molecule has 0 radical (unpaired) electrons. The number of hydrogen-bond acceptors (Lipinski definition) is 3. The van der Waals surface area contributed by atoms with Gasteiger partial charge in [0, 0.05) is 13.1 Å². The number of rotatable bonds is 3.